The van der Waals surface area contributed by atoms with Crippen LogP contribution in [0.4, 0.5) is 0 Å². The van der Waals surface area contributed by atoms with Crippen molar-refractivity contribution in [3.05, 3.63) is 34.2 Å². The standard InChI is InChI=1S/C27H32ClN7S/c1-25(2,3)17-4-5-18-19(7-17)36-22-20(18)21-31-23(32-34(21)13-29-22)26-8-15-6-16(9-26)11-27(10-15,12-26)35-14-30-24(28)33-35/h13-17H,4-12H2,1-3H3. The van der Waals surface area contributed by atoms with Gasteiger partial charge in [-0.25, -0.2) is 24.1 Å². The number of aryl methyl sites for hydroxylation is 1. The van der Waals surface area contributed by atoms with E-state index in [4.69, 9.17) is 26.7 Å². The van der Waals surface area contributed by atoms with E-state index in [0.717, 1.165) is 54.3 Å². The maximum Gasteiger partial charge on any atom is 0.242 e. The van der Waals surface area contributed by atoms with E-state index in [9.17, 15) is 0 Å². The molecule has 0 aliphatic heterocycles. The first-order chi connectivity index (χ1) is 17.2. The molecule has 0 spiro atoms. The second-order valence-corrected chi connectivity index (χ2v) is 14.8. The third-order valence-corrected chi connectivity index (χ3v) is 11.4. The van der Waals surface area contributed by atoms with Gasteiger partial charge in [0.2, 0.25) is 5.28 Å². The Morgan fingerprint density at radius 2 is 1.86 bits per heavy atom. The van der Waals surface area contributed by atoms with E-state index < -0.39 is 0 Å². The van der Waals surface area contributed by atoms with Gasteiger partial charge in [-0.3, -0.25) is 0 Å². The predicted molar refractivity (Wildman–Crippen MR) is 141 cm³/mol. The lowest BCUT2D eigenvalue weighted by Gasteiger charge is -2.60. The molecule has 4 aromatic heterocycles. The van der Waals surface area contributed by atoms with Crippen molar-refractivity contribution in [3.63, 3.8) is 0 Å². The van der Waals surface area contributed by atoms with Crippen LogP contribution in [0.2, 0.25) is 5.28 Å². The van der Waals surface area contributed by atoms with Crippen LogP contribution in [0.3, 0.4) is 0 Å². The second-order valence-electron chi connectivity index (χ2n) is 13.4. The molecule has 0 amide bonds. The molecule has 3 unspecified atom stereocenters. The summed E-state index contributed by atoms with van der Waals surface area (Å²) >= 11 is 8.04. The van der Waals surface area contributed by atoms with Gasteiger partial charge in [-0.15, -0.1) is 21.5 Å². The fourth-order valence-electron chi connectivity index (χ4n) is 8.75. The molecule has 0 N–H and O–H groups in total. The molecule has 9 heteroatoms. The Bertz CT molecular complexity index is 1510. The van der Waals surface area contributed by atoms with Gasteiger partial charge < -0.3 is 0 Å². The Morgan fingerprint density at radius 1 is 1.06 bits per heavy atom. The van der Waals surface area contributed by atoms with E-state index in [0.29, 0.717) is 22.5 Å². The van der Waals surface area contributed by atoms with Crippen LogP contribution in [-0.2, 0) is 23.8 Å². The van der Waals surface area contributed by atoms with Crippen LogP contribution in [0, 0.1) is 23.2 Å². The molecule has 4 bridgehead atoms. The molecule has 7 nitrogen and oxygen atoms in total. The van der Waals surface area contributed by atoms with Gasteiger partial charge in [0, 0.05) is 10.3 Å². The van der Waals surface area contributed by atoms with Gasteiger partial charge in [-0.1, -0.05) is 20.8 Å². The Balaban J connectivity index is 1.24. The SMILES string of the molecule is CC(C)(C)C1CCc2c(sc3ncn4nc(C56CC7CC(C5)CC(n5cnc(Cl)n5)(C7)C6)nc4c23)C1. The fraction of sp³-hybridized carbons (Fsp3) is 0.667. The third-order valence-electron chi connectivity index (χ3n) is 10.1. The molecule has 4 fully saturated rings. The molecular formula is C27H32ClN7S. The lowest BCUT2D eigenvalue weighted by atomic mass is 9.46. The molecule has 188 valence electrons. The highest BCUT2D eigenvalue weighted by Crippen LogP contribution is 2.64. The zero-order chi connectivity index (χ0) is 24.4. The number of aromatic nitrogens is 7. The highest BCUT2D eigenvalue weighted by Gasteiger charge is 2.61. The number of rotatable bonds is 2. The van der Waals surface area contributed by atoms with Crippen molar-refractivity contribution < 1.29 is 0 Å². The van der Waals surface area contributed by atoms with E-state index in [1.807, 2.05) is 28.5 Å². The van der Waals surface area contributed by atoms with E-state index in [1.165, 1.54) is 41.5 Å². The van der Waals surface area contributed by atoms with Crippen molar-refractivity contribution in [2.24, 2.45) is 23.2 Å². The van der Waals surface area contributed by atoms with Crippen molar-refractivity contribution in [2.75, 3.05) is 0 Å². The van der Waals surface area contributed by atoms with Crippen molar-refractivity contribution in [1.29, 1.82) is 0 Å². The summed E-state index contributed by atoms with van der Waals surface area (Å²) in [6, 6.07) is 0. The Labute approximate surface area is 219 Å². The molecule has 5 aliphatic rings. The van der Waals surface area contributed by atoms with Gasteiger partial charge in [-0.2, -0.15) is 0 Å². The monoisotopic (exact) mass is 521 g/mol. The first kappa shape index (κ1) is 22.0. The first-order valence-electron chi connectivity index (χ1n) is 13.5. The van der Waals surface area contributed by atoms with Crippen LogP contribution < -0.4 is 0 Å². The number of fused-ring (bicyclic) bond motifs is 5. The van der Waals surface area contributed by atoms with Crippen LogP contribution >= 0.6 is 22.9 Å². The largest absolute Gasteiger partial charge is 0.245 e. The minimum atomic E-state index is -0.0151. The minimum Gasteiger partial charge on any atom is -0.245 e. The van der Waals surface area contributed by atoms with E-state index in [1.54, 1.807) is 0 Å². The number of thiophene rings is 1. The van der Waals surface area contributed by atoms with E-state index >= 15 is 0 Å². The summed E-state index contributed by atoms with van der Waals surface area (Å²) in [5.74, 6) is 3.10. The van der Waals surface area contributed by atoms with E-state index in [-0.39, 0.29) is 11.0 Å². The zero-order valence-corrected chi connectivity index (χ0v) is 22.7. The summed E-state index contributed by atoms with van der Waals surface area (Å²) in [6.07, 6.45) is 14.3. The summed E-state index contributed by atoms with van der Waals surface area (Å²) in [5, 5.41) is 11.3. The van der Waals surface area contributed by atoms with Crippen LogP contribution in [0.1, 0.15) is 82.0 Å². The fourth-order valence-corrected chi connectivity index (χ4v) is 10.1. The number of hydrogen-bond donors (Lipinski definition) is 0. The molecule has 4 saturated carbocycles. The molecule has 0 saturated heterocycles. The van der Waals surface area contributed by atoms with Gasteiger partial charge >= 0.3 is 0 Å². The maximum absolute atomic E-state index is 6.17. The van der Waals surface area contributed by atoms with Crippen LogP contribution in [0.15, 0.2) is 12.7 Å². The topological polar surface area (TPSA) is 73.8 Å². The van der Waals surface area contributed by atoms with Gasteiger partial charge in [0.25, 0.3) is 0 Å². The lowest BCUT2D eigenvalue weighted by Crippen LogP contribution is -2.58. The minimum absolute atomic E-state index is 0.00569. The summed E-state index contributed by atoms with van der Waals surface area (Å²) in [7, 11) is 0. The molecule has 4 heterocycles. The molecular weight excluding hydrogens is 490 g/mol. The van der Waals surface area contributed by atoms with Crippen LogP contribution in [-0.4, -0.2) is 34.3 Å². The Morgan fingerprint density at radius 3 is 2.58 bits per heavy atom. The van der Waals surface area contributed by atoms with Gasteiger partial charge in [0.1, 0.15) is 17.5 Å². The number of halogens is 1. The molecule has 5 aliphatic carbocycles. The average molecular weight is 522 g/mol. The van der Waals surface area contributed by atoms with Crippen molar-refractivity contribution in [3.8, 4) is 0 Å². The van der Waals surface area contributed by atoms with Crippen LogP contribution in [0.5, 0.6) is 0 Å². The van der Waals surface area contributed by atoms with Gasteiger partial charge in [-0.05, 0) is 98.1 Å². The molecule has 0 radical (unpaired) electrons. The van der Waals surface area contributed by atoms with E-state index in [2.05, 4.69) is 35.5 Å². The van der Waals surface area contributed by atoms with Crippen LogP contribution in [0.25, 0.3) is 15.9 Å². The van der Waals surface area contributed by atoms with Crippen molar-refractivity contribution >= 4 is 38.8 Å². The third kappa shape index (κ3) is 3.00. The summed E-state index contributed by atoms with van der Waals surface area (Å²) < 4.78 is 4.05. The summed E-state index contributed by atoms with van der Waals surface area (Å²) in [6.45, 7) is 7.13. The highest BCUT2D eigenvalue weighted by molar-refractivity contribution is 7.19. The quantitative estimate of drug-likeness (QED) is 0.324. The second kappa shape index (κ2) is 7.07. The molecule has 0 aromatic carbocycles. The summed E-state index contributed by atoms with van der Waals surface area (Å²) in [5.41, 5.74) is 2.80. The zero-order valence-electron chi connectivity index (χ0n) is 21.2. The highest BCUT2D eigenvalue weighted by atomic mass is 35.5. The van der Waals surface area contributed by atoms with Gasteiger partial charge in [0.05, 0.1) is 10.9 Å². The van der Waals surface area contributed by atoms with Gasteiger partial charge in [0.15, 0.2) is 11.5 Å². The number of hydrogen-bond acceptors (Lipinski definition) is 6. The lowest BCUT2D eigenvalue weighted by molar-refractivity contribution is -0.0715. The average Bonchev–Trinajstić information content (AvgIpc) is 3.53. The Kier molecular flexibility index (Phi) is 4.32. The molecule has 9 rings (SSSR count). The maximum atomic E-state index is 6.17. The molecule has 4 aromatic rings. The molecule has 3 atom stereocenters. The summed E-state index contributed by atoms with van der Waals surface area (Å²) in [4.78, 5) is 17.1. The predicted octanol–water partition coefficient (Wildman–Crippen LogP) is 5.98. The Hall–Kier alpha value is -2.06. The first-order valence-corrected chi connectivity index (χ1v) is 14.6. The smallest absolute Gasteiger partial charge is 0.242 e. The normalized spacial score (nSPS) is 33.6. The number of nitrogens with zero attached hydrogens (tertiary/aromatic N) is 7. The van der Waals surface area contributed by atoms with Crippen molar-refractivity contribution in [2.45, 2.75) is 89.5 Å². The molecule has 36 heavy (non-hydrogen) atoms. The van der Waals surface area contributed by atoms with Crippen molar-refractivity contribution in [1.82, 2.24) is 34.3 Å².